The molecule has 1 amide bonds. The molecule has 4 nitrogen and oxygen atoms in total. The molecular formula is C23H34N2O2. The van der Waals surface area contributed by atoms with E-state index in [1.54, 1.807) is 0 Å². The summed E-state index contributed by atoms with van der Waals surface area (Å²) in [5.41, 5.74) is 7.17. The number of carbonyl (C=O) groups is 1. The number of amides is 1. The van der Waals surface area contributed by atoms with Crippen LogP contribution in [0.5, 0.6) is 5.75 Å². The Morgan fingerprint density at radius 1 is 1.11 bits per heavy atom. The molecule has 0 saturated heterocycles. The maximum absolute atomic E-state index is 12.8. The Balaban J connectivity index is 1.34. The molecular weight excluding hydrogens is 336 g/mol. The largest absolute Gasteiger partial charge is 0.488 e. The summed E-state index contributed by atoms with van der Waals surface area (Å²) in [6.45, 7) is 6.10. The van der Waals surface area contributed by atoms with Crippen molar-refractivity contribution in [1.82, 2.24) is 5.32 Å². The quantitative estimate of drug-likeness (QED) is 0.828. The average Bonchev–Trinajstić information content (AvgIpc) is 2.53. The SMILES string of the molecule is CC(C)(C)Oc1ccc(C[C@H](N)C(=O)NC23CC4CC(CC(C4)C2)C3)cc1. The molecule has 3 N–H and O–H groups in total. The van der Waals surface area contributed by atoms with Crippen molar-refractivity contribution in [2.24, 2.45) is 23.5 Å². The molecule has 1 atom stereocenters. The number of nitrogens with two attached hydrogens (primary N) is 1. The molecule has 4 aliphatic carbocycles. The van der Waals surface area contributed by atoms with Gasteiger partial charge in [-0.15, -0.1) is 0 Å². The second kappa shape index (κ2) is 6.80. The van der Waals surface area contributed by atoms with Crippen LogP contribution in [-0.2, 0) is 11.2 Å². The predicted octanol–water partition coefficient (Wildman–Crippen LogP) is 3.82. The van der Waals surface area contributed by atoms with Crippen molar-refractivity contribution in [2.75, 3.05) is 0 Å². The highest BCUT2D eigenvalue weighted by molar-refractivity contribution is 5.82. The van der Waals surface area contributed by atoms with Crippen molar-refractivity contribution in [3.8, 4) is 5.75 Å². The third kappa shape index (κ3) is 4.31. The Morgan fingerprint density at radius 2 is 1.63 bits per heavy atom. The smallest absolute Gasteiger partial charge is 0.237 e. The Morgan fingerprint density at radius 3 is 2.11 bits per heavy atom. The summed E-state index contributed by atoms with van der Waals surface area (Å²) in [6, 6.07) is 7.46. The van der Waals surface area contributed by atoms with Gasteiger partial charge in [0.05, 0.1) is 6.04 Å². The monoisotopic (exact) mass is 370 g/mol. The lowest BCUT2D eigenvalue weighted by Crippen LogP contribution is -2.62. The number of rotatable bonds is 5. The van der Waals surface area contributed by atoms with Crippen molar-refractivity contribution in [1.29, 1.82) is 0 Å². The fourth-order valence-corrected chi connectivity index (χ4v) is 6.01. The molecule has 0 aliphatic heterocycles. The standard InChI is InChI=1S/C23H34N2O2/c1-22(2,3)27-19-6-4-15(5-7-19)11-20(24)21(26)25-23-12-16-8-17(13-23)10-18(9-16)14-23/h4-7,16-18,20H,8-14,24H2,1-3H3,(H,25,26)/t16?,17?,18?,20-,23?/m0/s1. The summed E-state index contributed by atoms with van der Waals surface area (Å²) in [5, 5.41) is 3.40. The molecule has 4 saturated carbocycles. The van der Waals surface area contributed by atoms with E-state index < -0.39 is 6.04 Å². The third-order valence-corrected chi connectivity index (χ3v) is 6.57. The van der Waals surface area contributed by atoms with E-state index in [0.717, 1.165) is 48.3 Å². The predicted molar refractivity (Wildman–Crippen MR) is 108 cm³/mol. The van der Waals surface area contributed by atoms with Gasteiger partial charge in [-0.3, -0.25) is 4.79 Å². The molecule has 4 aliphatic rings. The number of nitrogens with one attached hydrogen (secondary N) is 1. The molecule has 4 heteroatoms. The summed E-state index contributed by atoms with van der Waals surface area (Å²) in [7, 11) is 0. The fraction of sp³-hybridized carbons (Fsp3) is 0.696. The van der Waals surface area contributed by atoms with Gasteiger partial charge in [0.15, 0.2) is 0 Å². The normalized spacial score (nSPS) is 33.0. The number of benzene rings is 1. The van der Waals surface area contributed by atoms with E-state index in [-0.39, 0.29) is 17.0 Å². The second-order valence-electron chi connectivity index (χ2n) is 10.4. The lowest BCUT2D eigenvalue weighted by Gasteiger charge is -2.57. The molecule has 5 rings (SSSR count). The van der Waals surface area contributed by atoms with Crippen molar-refractivity contribution < 1.29 is 9.53 Å². The third-order valence-electron chi connectivity index (χ3n) is 6.57. The lowest BCUT2D eigenvalue weighted by molar-refractivity contribution is -0.128. The molecule has 0 unspecified atom stereocenters. The number of hydrogen-bond donors (Lipinski definition) is 2. The van der Waals surface area contributed by atoms with Gasteiger partial charge in [-0.1, -0.05) is 12.1 Å². The van der Waals surface area contributed by atoms with Gasteiger partial charge in [0.1, 0.15) is 11.4 Å². The van der Waals surface area contributed by atoms with E-state index in [1.807, 2.05) is 45.0 Å². The van der Waals surface area contributed by atoms with Gasteiger partial charge in [0.25, 0.3) is 0 Å². The second-order valence-corrected chi connectivity index (χ2v) is 10.4. The zero-order valence-electron chi connectivity index (χ0n) is 17.0. The molecule has 0 spiro atoms. The molecule has 1 aromatic carbocycles. The van der Waals surface area contributed by atoms with E-state index in [2.05, 4.69) is 5.32 Å². The van der Waals surface area contributed by atoms with Gasteiger partial charge in [0, 0.05) is 5.54 Å². The van der Waals surface area contributed by atoms with Gasteiger partial charge in [0.2, 0.25) is 5.91 Å². The minimum atomic E-state index is -0.493. The van der Waals surface area contributed by atoms with Crippen LogP contribution in [0, 0.1) is 17.8 Å². The summed E-state index contributed by atoms with van der Waals surface area (Å²) >= 11 is 0. The van der Waals surface area contributed by atoms with Crippen LogP contribution in [0.25, 0.3) is 0 Å². The minimum absolute atomic E-state index is 0.0203. The molecule has 0 heterocycles. The fourth-order valence-electron chi connectivity index (χ4n) is 6.01. The van der Waals surface area contributed by atoms with Gasteiger partial charge < -0.3 is 15.8 Å². The molecule has 4 fully saturated rings. The van der Waals surface area contributed by atoms with Crippen molar-refractivity contribution in [2.45, 2.75) is 82.9 Å². The highest BCUT2D eigenvalue weighted by Gasteiger charge is 2.51. The Bertz CT molecular complexity index is 654. The van der Waals surface area contributed by atoms with Crippen molar-refractivity contribution in [3.05, 3.63) is 29.8 Å². The molecule has 4 bridgehead atoms. The number of ether oxygens (including phenoxy) is 1. The van der Waals surface area contributed by atoms with Crippen LogP contribution in [0.2, 0.25) is 0 Å². The van der Waals surface area contributed by atoms with Crippen LogP contribution >= 0.6 is 0 Å². The lowest BCUT2D eigenvalue weighted by atomic mass is 9.53. The topological polar surface area (TPSA) is 64.3 Å². The Hall–Kier alpha value is -1.55. The van der Waals surface area contributed by atoms with Crippen LogP contribution in [0.1, 0.15) is 64.9 Å². The maximum Gasteiger partial charge on any atom is 0.237 e. The summed E-state index contributed by atoms with van der Waals surface area (Å²) in [6.07, 6.45) is 8.19. The van der Waals surface area contributed by atoms with Gasteiger partial charge in [-0.05, 0) is 101 Å². The molecule has 0 radical (unpaired) electrons. The number of hydrogen-bond acceptors (Lipinski definition) is 3. The van der Waals surface area contributed by atoms with E-state index in [1.165, 1.54) is 19.3 Å². The zero-order chi connectivity index (χ0) is 19.2. The minimum Gasteiger partial charge on any atom is -0.488 e. The van der Waals surface area contributed by atoms with Gasteiger partial charge in [-0.2, -0.15) is 0 Å². The summed E-state index contributed by atoms with van der Waals surface area (Å²) in [4.78, 5) is 12.8. The first-order chi connectivity index (χ1) is 12.7. The van der Waals surface area contributed by atoms with E-state index in [4.69, 9.17) is 10.5 Å². The zero-order valence-corrected chi connectivity index (χ0v) is 17.0. The van der Waals surface area contributed by atoms with E-state index in [9.17, 15) is 4.79 Å². The first kappa shape index (κ1) is 18.8. The van der Waals surface area contributed by atoms with Crippen LogP contribution < -0.4 is 15.8 Å². The molecule has 27 heavy (non-hydrogen) atoms. The van der Waals surface area contributed by atoms with Crippen molar-refractivity contribution >= 4 is 5.91 Å². The number of carbonyl (C=O) groups excluding carboxylic acids is 1. The van der Waals surface area contributed by atoms with Gasteiger partial charge in [-0.25, -0.2) is 0 Å². The highest BCUT2D eigenvalue weighted by Crippen LogP contribution is 2.55. The average molecular weight is 371 g/mol. The van der Waals surface area contributed by atoms with Crippen LogP contribution in [0.15, 0.2) is 24.3 Å². The highest BCUT2D eigenvalue weighted by atomic mass is 16.5. The molecule has 148 valence electrons. The van der Waals surface area contributed by atoms with Gasteiger partial charge >= 0.3 is 0 Å². The Labute approximate surface area is 163 Å². The summed E-state index contributed by atoms with van der Waals surface area (Å²) in [5.74, 6) is 3.33. The maximum atomic E-state index is 12.8. The van der Waals surface area contributed by atoms with Crippen LogP contribution in [-0.4, -0.2) is 23.1 Å². The molecule has 0 aromatic heterocycles. The van der Waals surface area contributed by atoms with Crippen LogP contribution in [0.3, 0.4) is 0 Å². The van der Waals surface area contributed by atoms with E-state index in [0.29, 0.717) is 6.42 Å². The first-order valence-electron chi connectivity index (χ1n) is 10.6. The first-order valence-corrected chi connectivity index (χ1v) is 10.6. The Kier molecular flexibility index (Phi) is 4.74. The molecule has 1 aromatic rings. The summed E-state index contributed by atoms with van der Waals surface area (Å²) < 4.78 is 5.86. The van der Waals surface area contributed by atoms with Crippen molar-refractivity contribution in [3.63, 3.8) is 0 Å². The van der Waals surface area contributed by atoms with Crippen LogP contribution in [0.4, 0.5) is 0 Å². The van der Waals surface area contributed by atoms with E-state index >= 15 is 0 Å².